The van der Waals surface area contributed by atoms with Gasteiger partial charge in [0.25, 0.3) is 5.91 Å². The van der Waals surface area contributed by atoms with E-state index in [1.165, 1.54) is 0 Å². The van der Waals surface area contributed by atoms with Crippen molar-refractivity contribution >= 4 is 55.1 Å². The molecule has 0 saturated carbocycles. The molecule has 0 fully saturated rings. The summed E-state index contributed by atoms with van der Waals surface area (Å²) in [6, 6.07) is 13.7. The van der Waals surface area contributed by atoms with Gasteiger partial charge in [-0.2, -0.15) is 0 Å². The summed E-state index contributed by atoms with van der Waals surface area (Å²) in [4.78, 5) is 12.1. The van der Waals surface area contributed by atoms with Gasteiger partial charge in [-0.15, -0.1) is 0 Å². The molecule has 0 aromatic heterocycles. The fraction of sp³-hybridized carbons (Fsp3) is 0. The minimum Gasteiger partial charge on any atom is -0.320 e. The number of carbonyl (C=O) groups is 1. The molecule has 0 unspecified atom stereocenters. The molecule has 0 bridgehead atoms. The first-order valence-corrected chi connectivity index (χ1v) is 7.31. The van der Waals surface area contributed by atoms with Crippen LogP contribution in [-0.2, 0) is 4.79 Å². The van der Waals surface area contributed by atoms with Gasteiger partial charge in [-0.3, -0.25) is 4.79 Å². The van der Waals surface area contributed by atoms with E-state index in [0.717, 1.165) is 25.8 Å². The van der Waals surface area contributed by atoms with E-state index in [2.05, 4.69) is 37.2 Å². The van der Waals surface area contributed by atoms with Gasteiger partial charge in [0.2, 0.25) is 0 Å². The maximum atomic E-state index is 12.1. The number of anilines is 1. The molecule has 2 aromatic rings. The number of hydrogen-bond donors (Lipinski definition) is 1. The summed E-state index contributed by atoms with van der Waals surface area (Å²) in [6.45, 7) is 0. The van der Waals surface area contributed by atoms with Crippen LogP contribution in [0.25, 0.3) is 11.6 Å². The molecule has 0 atom stereocenters. The highest BCUT2D eigenvalue weighted by molar-refractivity contribution is 9.11. The van der Waals surface area contributed by atoms with Crippen LogP contribution in [0.3, 0.4) is 0 Å². The Labute approximate surface area is 127 Å². The average Bonchev–Trinajstić information content (AvgIpc) is 2.69. The molecule has 19 heavy (non-hydrogen) atoms. The Balaban J connectivity index is 2.16. The van der Waals surface area contributed by atoms with Crippen LogP contribution in [0.1, 0.15) is 11.1 Å². The summed E-state index contributed by atoms with van der Waals surface area (Å²) in [6.07, 6.45) is 1.90. The van der Waals surface area contributed by atoms with E-state index in [0.29, 0.717) is 5.57 Å². The highest BCUT2D eigenvalue weighted by Crippen LogP contribution is 2.40. The molecule has 1 N–H and O–H groups in total. The van der Waals surface area contributed by atoms with E-state index in [-0.39, 0.29) is 5.91 Å². The molecule has 1 amide bonds. The molecule has 0 saturated heterocycles. The molecule has 4 heteroatoms. The molecule has 3 rings (SSSR count). The third-order valence-electron chi connectivity index (χ3n) is 2.94. The Morgan fingerprint density at radius 3 is 2.53 bits per heavy atom. The molecular formula is C15H9Br2NO. The lowest BCUT2D eigenvalue weighted by Crippen LogP contribution is -2.03. The van der Waals surface area contributed by atoms with Gasteiger partial charge in [-0.05, 0) is 39.7 Å². The van der Waals surface area contributed by atoms with Crippen molar-refractivity contribution in [2.45, 2.75) is 0 Å². The van der Waals surface area contributed by atoms with Crippen molar-refractivity contribution in [2.24, 2.45) is 0 Å². The van der Waals surface area contributed by atoms with Crippen LogP contribution < -0.4 is 5.32 Å². The van der Waals surface area contributed by atoms with Crippen LogP contribution in [0.5, 0.6) is 0 Å². The Kier molecular flexibility index (Phi) is 3.29. The Morgan fingerprint density at radius 1 is 1.05 bits per heavy atom. The zero-order chi connectivity index (χ0) is 13.4. The number of benzene rings is 2. The predicted octanol–water partition coefficient (Wildman–Crippen LogP) is 4.70. The van der Waals surface area contributed by atoms with Crippen molar-refractivity contribution in [2.75, 3.05) is 5.32 Å². The number of hydrogen-bond acceptors (Lipinski definition) is 1. The van der Waals surface area contributed by atoms with Gasteiger partial charge in [0.1, 0.15) is 0 Å². The fourth-order valence-corrected chi connectivity index (χ4v) is 3.40. The highest BCUT2D eigenvalue weighted by Gasteiger charge is 2.26. The number of nitrogens with one attached hydrogen (secondary N) is 1. The third-order valence-corrected chi connectivity index (χ3v) is 4.02. The summed E-state index contributed by atoms with van der Waals surface area (Å²) in [5.74, 6) is -0.0716. The van der Waals surface area contributed by atoms with Crippen LogP contribution in [0.15, 0.2) is 51.4 Å². The smallest absolute Gasteiger partial charge is 0.256 e. The monoisotopic (exact) mass is 377 g/mol. The van der Waals surface area contributed by atoms with Gasteiger partial charge in [0, 0.05) is 20.1 Å². The summed E-state index contributed by atoms with van der Waals surface area (Å²) in [7, 11) is 0. The summed E-state index contributed by atoms with van der Waals surface area (Å²) < 4.78 is 1.82. The molecule has 2 aromatic carbocycles. The van der Waals surface area contributed by atoms with Crippen LogP contribution in [-0.4, -0.2) is 5.91 Å². The molecule has 2 nitrogen and oxygen atoms in total. The van der Waals surface area contributed by atoms with Crippen molar-refractivity contribution in [1.82, 2.24) is 0 Å². The lowest BCUT2D eigenvalue weighted by molar-refractivity contribution is -0.110. The molecule has 0 aliphatic carbocycles. The topological polar surface area (TPSA) is 29.1 Å². The Bertz CT molecular complexity index is 693. The average molecular weight is 379 g/mol. The molecule has 0 spiro atoms. The van der Waals surface area contributed by atoms with E-state index >= 15 is 0 Å². The minimum atomic E-state index is -0.0716. The molecule has 1 heterocycles. The number of carbonyl (C=O) groups excluding carboxylic acids is 1. The zero-order valence-corrected chi connectivity index (χ0v) is 13.0. The lowest BCUT2D eigenvalue weighted by Gasteiger charge is -2.02. The lowest BCUT2D eigenvalue weighted by atomic mass is 10.0. The standard InChI is InChI=1S/C15H9Br2NO/c16-10-7-11-12(6-9-4-2-1-3-5-9)15(19)18-14(11)13(17)8-10/h1-8H,(H,18,19). The van der Waals surface area contributed by atoms with E-state index in [1.54, 1.807) is 0 Å². The maximum absolute atomic E-state index is 12.1. The molecule has 1 aliphatic heterocycles. The largest absolute Gasteiger partial charge is 0.320 e. The van der Waals surface area contributed by atoms with Gasteiger partial charge >= 0.3 is 0 Å². The van der Waals surface area contributed by atoms with Gasteiger partial charge in [-0.25, -0.2) is 0 Å². The first-order valence-electron chi connectivity index (χ1n) is 5.72. The van der Waals surface area contributed by atoms with Crippen LogP contribution in [0.4, 0.5) is 5.69 Å². The van der Waals surface area contributed by atoms with Crippen LogP contribution >= 0.6 is 31.9 Å². The van der Waals surface area contributed by atoms with E-state index in [9.17, 15) is 4.79 Å². The maximum Gasteiger partial charge on any atom is 0.256 e. The summed E-state index contributed by atoms with van der Waals surface area (Å²) in [5, 5.41) is 2.89. The molecule has 1 aliphatic rings. The Hall–Kier alpha value is -1.39. The second-order valence-electron chi connectivity index (χ2n) is 4.23. The zero-order valence-electron chi connectivity index (χ0n) is 9.78. The van der Waals surface area contributed by atoms with Crippen molar-refractivity contribution in [1.29, 1.82) is 0 Å². The van der Waals surface area contributed by atoms with Gasteiger partial charge in [0.15, 0.2) is 0 Å². The second-order valence-corrected chi connectivity index (χ2v) is 6.00. The van der Waals surface area contributed by atoms with E-state index < -0.39 is 0 Å². The van der Waals surface area contributed by atoms with Crippen LogP contribution in [0.2, 0.25) is 0 Å². The second kappa shape index (κ2) is 4.94. The van der Waals surface area contributed by atoms with Gasteiger partial charge in [-0.1, -0.05) is 46.3 Å². The SMILES string of the molecule is O=C1Nc2c(Br)cc(Br)cc2C1=Cc1ccccc1. The summed E-state index contributed by atoms with van der Waals surface area (Å²) in [5.41, 5.74) is 3.44. The molecule has 94 valence electrons. The molecular weight excluding hydrogens is 370 g/mol. The predicted molar refractivity (Wildman–Crippen MR) is 84.8 cm³/mol. The van der Waals surface area contributed by atoms with Crippen molar-refractivity contribution in [3.63, 3.8) is 0 Å². The Morgan fingerprint density at radius 2 is 1.79 bits per heavy atom. The first-order chi connectivity index (χ1) is 9.15. The fourth-order valence-electron chi connectivity index (χ4n) is 2.08. The third kappa shape index (κ3) is 2.38. The number of halogens is 2. The quantitative estimate of drug-likeness (QED) is 0.715. The number of rotatable bonds is 1. The van der Waals surface area contributed by atoms with Gasteiger partial charge < -0.3 is 5.32 Å². The van der Waals surface area contributed by atoms with Crippen molar-refractivity contribution < 1.29 is 4.79 Å². The first kappa shape index (κ1) is 12.6. The minimum absolute atomic E-state index is 0.0716. The number of amides is 1. The van der Waals surface area contributed by atoms with E-state index in [4.69, 9.17) is 0 Å². The van der Waals surface area contributed by atoms with Crippen LogP contribution in [0, 0.1) is 0 Å². The normalized spacial score (nSPS) is 15.5. The number of fused-ring (bicyclic) bond motifs is 1. The molecule has 0 radical (unpaired) electrons. The summed E-state index contributed by atoms with van der Waals surface area (Å²) >= 11 is 6.92. The van der Waals surface area contributed by atoms with Gasteiger partial charge in [0.05, 0.1) is 5.69 Å². The van der Waals surface area contributed by atoms with Crippen molar-refractivity contribution in [3.05, 3.63) is 62.5 Å². The van der Waals surface area contributed by atoms with Crippen molar-refractivity contribution in [3.8, 4) is 0 Å². The van der Waals surface area contributed by atoms with E-state index in [1.807, 2.05) is 48.5 Å². The highest BCUT2D eigenvalue weighted by atomic mass is 79.9.